The fraction of sp³-hybridized carbons (Fsp3) is 0.679. The van der Waals surface area contributed by atoms with Crippen molar-refractivity contribution in [3.63, 3.8) is 0 Å². The van der Waals surface area contributed by atoms with Crippen LogP contribution in [0.3, 0.4) is 0 Å². The Bertz CT molecular complexity index is 1150. The lowest BCUT2D eigenvalue weighted by Crippen LogP contribution is -2.57. The van der Waals surface area contributed by atoms with Gasteiger partial charge < -0.3 is 25.0 Å². The average Bonchev–Trinajstić information content (AvgIpc) is 3.24. The van der Waals surface area contributed by atoms with Gasteiger partial charge in [0.1, 0.15) is 11.7 Å². The number of alkyl halides is 3. The number of likely N-dealkylation sites (tertiary alicyclic amines) is 1. The van der Waals surface area contributed by atoms with Crippen LogP contribution >= 0.6 is 11.6 Å². The van der Waals surface area contributed by atoms with Crippen molar-refractivity contribution in [2.75, 3.05) is 63.5 Å². The Morgan fingerprint density at radius 3 is 2.48 bits per heavy atom. The smallest absolute Gasteiger partial charge is 0.280 e. The summed E-state index contributed by atoms with van der Waals surface area (Å²) >= 11 is 5.54. The van der Waals surface area contributed by atoms with Gasteiger partial charge in [-0.25, -0.2) is 13.8 Å². The van der Waals surface area contributed by atoms with E-state index in [1.54, 1.807) is 12.1 Å². The summed E-state index contributed by atoms with van der Waals surface area (Å²) in [5.74, 6) is -1.59. The Hall–Kier alpha value is -2.66. The average molecular weight is 583 g/mol. The molecule has 1 saturated carbocycles. The molecule has 2 N–H and O–H groups in total. The molecule has 4 rings (SSSR count). The van der Waals surface area contributed by atoms with Crippen molar-refractivity contribution in [3.8, 4) is 11.5 Å². The fourth-order valence-electron chi connectivity index (χ4n) is 5.66. The number of anilines is 2. The third-order valence-corrected chi connectivity index (χ3v) is 8.17. The maximum atomic E-state index is 15.6. The molecule has 2 heterocycles. The molecule has 12 heteroatoms. The summed E-state index contributed by atoms with van der Waals surface area (Å²) in [6.07, 6.45) is 7.55. The van der Waals surface area contributed by atoms with E-state index in [0.29, 0.717) is 66.6 Å². The zero-order chi connectivity index (χ0) is 28.7. The highest BCUT2D eigenvalue weighted by molar-refractivity contribution is 6.27. The minimum absolute atomic E-state index is 0.0891. The first-order valence-corrected chi connectivity index (χ1v) is 14.6. The largest absolute Gasteiger partial charge is 0.493 e. The van der Waals surface area contributed by atoms with Crippen LogP contribution in [0.5, 0.6) is 11.5 Å². The van der Waals surface area contributed by atoms with Crippen LogP contribution in [0.2, 0.25) is 0 Å². The van der Waals surface area contributed by atoms with Crippen molar-refractivity contribution in [1.29, 1.82) is 0 Å². The van der Waals surface area contributed by atoms with Gasteiger partial charge in [-0.2, -0.15) is 4.98 Å². The van der Waals surface area contributed by atoms with Crippen LogP contribution in [0, 0.1) is 0 Å². The lowest BCUT2D eigenvalue weighted by Gasteiger charge is -2.42. The highest BCUT2D eigenvalue weighted by atomic mass is 35.5. The van der Waals surface area contributed by atoms with Crippen molar-refractivity contribution in [3.05, 3.63) is 12.1 Å². The first kappa shape index (κ1) is 30.3. The number of carbonyl (C=O) groups is 1. The molecular weight excluding hydrogens is 542 g/mol. The highest BCUT2D eigenvalue weighted by Crippen LogP contribution is 2.38. The zero-order valence-electron chi connectivity index (χ0n) is 23.6. The van der Waals surface area contributed by atoms with E-state index in [9.17, 15) is 4.79 Å². The summed E-state index contributed by atoms with van der Waals surface area (Å²) in [5, 5.41) is 6.41. The minimum atomic E-state index is -2.93. The van der Waals surface area contributed by atoms with Crippen molar-refractivity contribution in [1.82, 2.24) is 20.2 Å². The Labute approximate surface area is 239 Å². The van der Waals surface area contributed by atoms with E-state index in [2.05, 4.69) is 10.6 Å². The molecule has 40 heavy (non-hydrogen) atoms. The van der Waals surface area contributed by atoms with Gasteiger partial charge in [-0.05, 0) is 31.7 Å². The fourth-order valence-corrected chi connectivity index (χ4v) is 5.75. The summed E-state index contributed by atoms with van der Waals surface area (Å²) in [6.45, 7) is 1.36. The van der Waals surface area contributed by atoms with Crippen molar-refractivity contribution in [2.45, 2.75) is 69.4 Å². The Morgan fingerprint density at radius 2 is 1.82 bits per heavy atom. The van der Waals surface area contributed by atoms with Gasteiger partial charge in [-0.15, -0.1) is 11.6 Å². The summed E-state index contributed by atoms with van der Waals surface area (Å²) in [7, 11) is 4.89. The van der Waals surface area contributed by atoms with Gasteiger partial charge in [0.2, 0.25) is 11.9 Å². The summed E-state index contributed by atoms with van der Waals surface area (Å²) in [4.78, 5) is 24.6. The highest BCUT2D eigenvalue weighted by Gasteiger charge is 2.46. The number of piperidine rings is 1. The van der Waals surface area contributed by atoms with E-state index in [1.165, 1.54) is 27.1 Å². The first-order chi connectivity index (χ1) is 19.2. The van der Waals surface area contributed by atoms with E-state index in [-0.39, 0.29) is 24.4 Å². The zero-order valence-corrected chi connectivity index (χ0v) is 24.4. The molecule has 1 saturated heterocycles. The van der Waals surface area contributed by atoms with Crippen LogP contribution in [-0.4, -0.2) is 92.1 Å². The molecule has 1 atom stereocenters. The summed E-state index contributed by atoms with van der Waals surface area (Å²) in [5.41, 5.74) is 0.548. The molecule has 222 valence electrons. The van der Waals surface area contributed by atoms with E-state index in [1.807, 2.05) is 16.8 Å². The molecule has 0 spiro atoms. The lowest BCUT2D eigenvalue weighted by molar-refractivity contribution is -0.118. The monoisotopic (exact) mass is 582 g/mol. The predicted octanol–water partition coefficient (Wildman–Crippen LogP) is 4.67. The number of hydrogen-bond donors (Lipinski definition) is 2. The molecule has 0 bridgehead atoms. The van der Waals surface area contributed by atoms with Crippen LogP contribution in [0.25, 0.3) is 10.9 Å². The SMILES string of the molecule is COc1cc2nc(N(C)CCCNC(=O)CCl)nc(NC3CCN(C4CCCCCC4)CC3(F)F)c2cc1OC. The Morgan fingerprint density at radius 1 is 1.12 bits per heavy atom. The predicted molar refractivity (Wildman–Crippen MR) is 154 cm³/mol. The molecule has 1 amide bonds. The van der Waals surface area contributed by atoms with Gasteiger partial charge >= 0.3 is 0 Å². The Kier molecular flexibility index (Phi) is 10.5. The van der Waals surface area contributed by atoms with Crippen LogP contribution < -0.4 is 25.0 Å². The van der Waals surface area contributed by atoms with Gasteiger partial charge in [0.15, 0.2) is 11.5 Å². The second-order valence-corrected chi connectivity index (χ2v) is 11.0. The van der Waals surface area contributed by atoms with E-state index < -0.39 is 12.0 Å². The molecule has 1 aromatic carbocycles. The summed E-state index contributed by atoms with van der Waals surface area (Å²) < 4.78 is 42.2. The molecule has 1 aliphatic heterocycles. The Balaban J connectivity index is 1.57. The van der Waals surface area contributed by atoms with E-state index in [0.717, 1.165) is 25.7 Å². The number of rotatable bonds is 11. The molecule has 0 radical (unpaired) electrons. The number of halogens is 3. The number of nitrogens with zero attached hydrogens (tertiary/aromatic N) is 4. The molecule has 9 nitrogen and oxygen atoms in total. The number of methoxy groups -OCH3 is 2. The standard InChI is InChI=1S/C28H41ClF2N6O3/c1-36(13-8-12-32-25(38)17-29)27-33-21-16-23(40-3)22(39-2)15-20(21)26(35-27)34-24-11-14-37(18-28(24,30)31)19-9-6-4-5-7-10-19/h15-16,19,24H,4-14,17-18H2,1-3H3,(H,32,38)(H,33,34,35). The summed E-state index contributed by atoms with van der Waals surface area (Å²) in [6, 6.07) is 2.62. The van der Waals surface area contributed by atoms with Gasteiger partial charge in [-0.1, -0.05) is 25.7 Å². The topological polar surface area (TPSA) is 91.8 Å². The van der Waals surface area contributed by atoms with Crippen molar-refractivity contribution in [2.24, 2.45) is 0 Å². The number of nitrogens with one attached hydrogen (secondary N) is 2. The third-order valence-electron chi connectivity index (χ3n) is 7.93. The third kappa shape index (κ3) is 7.34. The van der Waals surface area contributed by atoms with Crippen LogP contribution in [0.15, 0.2) is 12.1 Å². The van der Waals surface area contributed by atoms with Crippen molar-refractivity contribution < 1.29 is 23.0 Å². The van der Waals surface area contributed by atoms with Gasteiger partial charge in [0.25, 0.3) is 5.92 Å². The second-order valence-electron chi connectivity index (χ2n) is 10.7. The number of aromatic nitrogens is 2. The molecule has 2 aromatic rings. The van der Waals surface area contributed by atoms with Gasteiger partial charge in [-0.3, -0.25) is 9.69 Å². The first-order valence-electron chi connectivity index (χ1n) is 14.1. The van der Waals surface area contributed by atoms with Gasteiger partial charge in [0.05, 0.1) is 32.3 Å². The molecule has 2 aliphatic rings. The number of ether oxygens (including phenoxy) is 2. The number of amides is 1. The normalized spacial score (nSPS) is 20.1. The molecule has 1 aliphatic carbocycles. The van der Waals surface area contributed by atoms with Crippen LogP contribution in [0.4, 0.5) is 20.5 Å². The second kappa shape index (κ2) is 13.8. The number of benzene rings is 1. The van der Waals surface area contributed by atoms with E-state index in [4.69, 9.17) is 31.0 Å². The molecule has 1 aromatic heterocycles. The molecule has 1 unspecified atom stereocenters. The van der Waals surface area contributed by atoms with Crippen molar-refractivity contribution >= 4 is 40.2 Å². The molecule has 2 fully saturated rings. The molecular formula is C28H41ClF2N6O3. The van der Waals surface area contributed by atoms with E-state index >= 15 is 8.78 Å². The minimum Gasteiger partial charge on any atom is -0.493 e. The van der Waals surface area contributed by atoms with Crippen LogP contribution in [0.1, 0.15) is 51.4 Å². The number of hydrogen-bond acceptors (Lipinski definition) is 8. The quantitative estimate of drug-likeness (QED) is 0.224. The lowest BCUT2D eigenvalue weighted by atomic mass is 9.96. The van der Waals surface area contributed by atoms with Crippen LogP contribution in [-0.2, 0) is 4.79 Å². The number of fused-ring (bicyclic) bond motifs is 1. The maximum Gasteiger partial charge on any atom is 0.280 e. The van der Waals surface area contributed by atoms with Gasteiger partial charge in [0, 0.05) is 44.2 Å². The maximum absolute atomic E-state index is 15.6. The number of carbonyl (C=O) groups excluding carboxylic acids is 1.